The second-order valence-electron chi connectivity index (χ2n) is 6.26. The highest BCUT2D eigenvalue weighted by Crippen LogP contribution is 2.34. The number of nitrogens with zero attached hydrogens (tertiary/aromatic N) is 3. The van der Waals surface area contributed by atoms with Gasteiger partial charge < -0.3 is 9.69 Å². The van der Waals surface area contributed by atoms with Gasteiger partial charge in [-0.05, 0) is 42.5 Å². The number of carbonyl (C=O) groups excluding carboxylic acids is 2. The maximum absolute atomic E-state index is 13.2. The Morgan fingerprint density at radius 2 is 1.83 bits per heavy atom. The van der Waals surface area contributed by atoms with Crippen LogP contribution in [0.25, 0.3) is 0 Å². The molecule has 0 fully saturated rings. The first kappa shape index (κ1) is 23.2. The molecule has 158 valence electrons. The van der Waals surface area contributed by atoms with Crippen molar-refractivity contribution in [2.75, 3.05) is 24.7 Å². The van der Waals surface area contributed by atoms with Crippen LogP contribution in [0.1, 0.15) is 11.1 Å². The largest absolute Gasteiger partial charge is 0.417 e. The Kier molecular flexibility index (Phi) is 7.45. The van der Waals surface area contributed by atoms with E-state index in [1.54, 1.807) is 0 Å². The van der Waals surface area contributed by atoms with Crippen LogP contribution in [0.2, 0.25) is 0 Å². The molecular weight excluding hydrogens is 422 g/mol. The molecule has 0 aliphatic rings. The number of thioether (sulfide) groups is 1. The van der Waals surface area contributed by atoms with Gasteiger partial charge >= 0.3 is 12.2 Å². The minimum atomic E-state index is -4.76. The number of hydrogen-bond donors (Lipinski definition) is 0. The number of halogens is 4. The van der Waals surface area contributed by atoms with E-state index in [9.17, 15) is 27.2 Å². The summed E-state index contributed by atoms with van der Waals surface area (Å²) in [6.45, 7) is 0. The van der Waals surface area contributed by atoms with E-state index in [0.717, 1.165) is 15.9 Å². The highest BCUT2D eigenvalue weighted by atomic mass is 32.2. The highest BCUT2D eigenvalue weighted by molar-refractivity contribution is 7.99. The third kappa shape index (κ3) is 5.51. The van der Waals surface area contributed by atoms with E-state index in [2.05, 4.69) is 0 Å². The quantitative estimate of drug-likeness (QED) is 0.376. The van der Waals surface area contributed by atoms with Crippen molar-refractivity contribution in [1.82, 2.24) is 4.90 Å². The van der Waals surface area contributed by atoms with Gasteiger partial charge in [0.2, 0.25) is 0 Å². The first-order valence-electron chi connectivity index (χ1n) is 8.54. The van der Waals surface area contributed by atoms with Crippen molar-refractivity contribution in [3.05, 3.63) is 59.4 Å². The predicted octanol–water partition coefficient (Wildman–Crippen LogP) is 4.56. The first-order valence-corrected chi connectivity index (χ1v) is 9.52. The minimum Gasteiger partial charge on any atom is -0.317 e. The summed E-state index contributed by atoms with van der Waals surface area (Å²) in [6, 6.07) is 8.44. The summed E-state index contributed by atoms with van der Waals surface area (Å²) in [7, 11) is 2.63. The molecule has 0 radical (unpaired) electrons. The normalized spacial score (nSPS) is 12.0. The molecule has 2 aromatic rings. The van der Waals surface area contributed by atoms with Crippen LogP contribution >= 0.6 is 11.8 Å². The number of rotatable bonds is 6. The number of benzene rings is 2. The van der Waals surface area contributed by atoms with E-state index in [0.29, 0.717) is 17.2 Å². The average Bonchev–Trinajstić information content (AvgIpc) is 2.73. The lowest BCUT2D eigenvalue weighted by atomic mass is 10.1. The molecule has 0 heterocycles. The average molecular weight is 439 g/mol. The third-order valence-corrected chi connectivity index (χ3v) is 5.41. The maximum Gasteiger partial charge on any atom is 0.417 e. The highest BCUT2D eigenvalue weighted by Gasteiger charge is 2.34. The first-order chi connectivity index (χ1) is 14.1. The maximum atomic E-state index is 13.2. The molecule has 0 N–H and O–H groups in total. The molecule has 0 aliphatic carbocycles. The fourth-order valence-electron chi connectivity index (χ4n) is 2.52. The number of amides is 2. The molecule has 0 aromatic heterocycles. The number of carbonyl (C=O) groups is 2. The Hall–Kier alpha value is -3.06. The zero-order chi connectivity index (χ0) is 22.5. The molecule has 30 heavy (non-hydrogen) atoms. The summed E-state index contributed by atoms with van der Waals surface area (Å²) in [5, 5.41) is 8.88. The van der Waals surface area contributed by atoms with E-state index < -0.39 is 35.2 Å². The van der Waals surface area contributed by atoms with E-state index in [1.807, 2.05) is 0 Å². The van der Waals surface area contributed by atoms with Gasteiger partial charge in [-0.15, -0.1) is 11.8 Å². The lowest BCUT2D eigenvalue weighted by molar-refractivity contribution is -0.137. The van der Waals surface area contributed by atoms with Crippen LogP contribution in [0, 0.1) is 17.1 Å². The molecule has 1 atom stereocenters. The van der Waals surface area contributed by atoms with Gasteiger partial charge in [0.1, 0.15) is 12.1 Å². The van der Waals surface area contributed by atoms with E-state index in [4.69, 9.17) is 5.26 Å². The Labute approximate surface area is 174 Å². The van der Waals surface area contributed by atoms with Gasteiger partial charge in [0.05, 0.1) is 23.2 Å². The van der Waals surface area contributed by atoms with E-state index >= 15 is 0 Å². The van der Waals surface area contributed by atoms with Crippen molar-refractivity contribution in [3.8, 4) is 6.07 Å². The molecule has 0 saturated carbocycles. The summed E-state index contributed by atoms with van der Waals surface area (Å²) in [6.07, 6.45) is -4.20. The summed E-state index contributed by atoms with van der Waals surface area (Å²) in [5.41, 5.74) is -1.78. The van der Waals surface area contributed by atoms with Gasteiger partial charge in [-0.1, -0.05) is 0 Å². The monoisotopic (exact) mass is 439 g/mol. The zero-order valence-electron chi connectivity index (χ0n) is 16.0. The van der Waals surface area contributed by atoms with E-state index in [1.165, 1.54) is 62.3 Å². The van der Waals surface area contributed by atoms with Gasteiger partial charge in [0, 0.05) is 30.4 Å². The molecule has 0 spiro atoms. The van der Waals surface area contributed by atoms with Crippen LogP contribution in [0.15, 0.2) is 47.4 Å². The van der Waals surface area contributed by atoms with Crippen LogP contribution in [-0.2, 0) is 11.0 Å². The molecule has 1 unspecified atom stereocenters. The summed E-state index contributed by atoms with van der Waals surface area (Å²) >= 11 is 1.23. The van der Waals surface area contributed by atoms with Crippen molar-refractivity contribution in [2.24, 2.45) is 0 Å². The number of nitriles is 1. The SMILES string of the molecule is CN(C(=O)N(C)C(C=O)CSc1ccc(F)cc1)c1ccc(C#N)c(C(F)(F)F)c1. The molecular formula is C20H17F4N3O2S. The van der Waals surface area contributed by atoms with Crippen LogP contribution in [0.5, 0.6) is 0 Å². The van der Waals surface area contributed by atoms with Crippen LogP contribution in [-0.4, -0.2) is 43.1 Å². The molecule has 2 aromatic carbocycles. The van der Waals surface area contributed by atoms with Gasteiger partial charge in [0.25, 0.3) is 0 Å². The molecule has 2 rings (SSSR count). The fraction of sp³-hybridized carbons (Fsp3) is 0.250. The smallest absolute Gasteiger partial charge is 0.317 e. The Morgan fingerprint density at radius 1 is 1.20 bits per heavy atom. The Morgan fingerprint density at radius 3 is 2.37 bits per heavy atom. The van der Waals surface area contributed by atoms with Gasteiger partial charge in [0.15, 0.2) is 0 Å². The Bertz CT molecular complexity index is 958. The molecule has 0 saturated heterocycles. The number of alkyl halides is 3. The van der Waals surface area contributed by atoms with E-state index in [-0.39, 0.29) is 11.4 Å². The second-order valence-corrected chi connectivity index (χ2v) is 7.35. The molecule has 0 bridgehead atoms. The van der Waals surface area contributed by atoms with Crippen molar-refractivity contribution < 1.29 is 27.2 Å². The topological polar surface area (TPSA) is 64.4 Å². The predicted molar refractivity (Wildman–Crippen MR) is 105 cm³/mol. The summed E-state index contributed by atoms with van der Waals surface area (Å²) in [4.78, 5) is 27.0. The lowest BCUT2D eigenvalue weighted by Crippen LogP contribution is -2.46. The summed E-state index contributed by atoms with van der Waals surface area (Å²) < 4.78 is 52.5. The number of aldehydes is 1. The lowest BCUT2D eigenvalue weighted by Gasteiger charge is -2.29. The molecule has 5 nitrogen and oxygen atoms in total. The van der Waals surface area contributed by atoms with Gasteiger partial charge in [-0.2, -0.15) is 18.4 Å². The molecule has 10 heteroatoms. The second kappa shape index (κ2) is 9.63. The van der Waals surface area contributed by atoms with Crippen molar-refractivity contribution in [2.45, 2.75) is 17.1 Å². The third-order valence-electron chi connectivity index (χ3n) is 4.29. The Balaban J connectivity index is 2.16. The minimum absolute atomic E-state index is 0.0750. The fourth-order valence-corrected chi connectivity index (χ4v) is 3.51. The van der Waals surface area contributed by atoms with Crippen molar-refractivity contribution >= 4 is 29.8 Å². The standard InChI is InChI=1S/C20H17F4N3O2S/c1-26(15-6-3-13(10-25)18(9-15)20(22,23)24)19(29)27(2)16(11-28)12-30-17-7-4-14(21)5-8-17/h3-9,11,16H,12H2,1-2H3. The van der Waals surface area contributed by atoms with Crippen LogP contribution in [0.4, 0.5) is 28.0 Å². The zero-order valence-corrected chi connectivity index (χ0v) is 16.8. The number of hydrogen-bond acceptors (Lipinski definition) is 4. The number of likely N-dealkylation sites (N-methyl/N-ethyl adjacent to an activating group) is 1. The van der Waals surface area contributed by atoms with Crippen molar-refractivity contribution in [1.29, 1.82) is 5.26 Å². The molecule has 2 amide bonds. The molecule has 0 aliphatic heterocycles. The van der Waals surface area contributed by atoms with Gasteiger partial charge in [-0.3, -0.25) is 4.90 Å². The van der Waals surface area contributed by atoms with Crippen LogP contribution in [0.3, 0.4) is 0 Å². The summed E-state index contributed by atoms with van der Waals surface area (Å²) in [5.74, 6) is -0.229. The van der Waals surface area contributed by atoms with Crippen LogP contribution < -0.4 is 4.90 Å². The number of anilines is 1. The van der Waals surface area contributed by atoms with Crippen molar-refractivity contribution in [3.63, 3.8) is 0 Å². The number of urea groups is 1. The van der Waals surface area contributed by atoms with Gasteiger partial charge in [-0.25, -0.2) is 9.18 Å².